The van der Waals surface area contributed by atoms with E-state index in [2.05, 4.69) is 10.3 Å². The lowest BCUT2D eigenvalue weighted by Crippen LogP contribution is -2.18. The first-order chi connectivity index (χ1) is 6.77. The van der Waals surface area contributed by atoms with Crippen molar-refractivity contribution in [2.75, 3.05) is 5.32 Å². The van der Waals surface area contributed by atoms with Gasteiger partial charge in [0.15, 0.2) is 5.11 Å². The van der Waals surface area contributed by atoms with Gasteiger partial charge in [-0.1, -0.05) is 6.07 Å². The van der Waals surface area contributed by atoms with Gasteiger partial charge in [0.1, 0.15) is 0 Å². The van der Waals surface area contributed by atoms with E-state index in [4.69, 9.17) is 18.0 Å². The third kappa shape index (κ3) is 1.65. The fourth-order valence-corrected chi connectivity index (χ4v) is 1.46. The summed E-state index contributed by atoms with van der Waals surface area (Å²) in [6, 6.07) is 9.63. The van der Waals surface area contributed by atoms with E-state index >= 15 is 0 Å². The molecule has 0 saturated carbocycles. The van der Waals surface area contributed by atoms with Crippen LogP contribution in [0.2, 0.25) is 0 Å². The summed E-state index contributed by atoms with van der Waals surface area (Å²) >= 11 is 4.79. The van der Waals surface area contributed by atoms with Crippen molar-refractivity contribution < 1.29 is 0 Å². The van der Waals surface area contributed by atoms with Gasteiger partial charge < -0.3 is 11.1 Å². The summed E-state index contributed by atoms with van der Waals surface area (Å²) in [4.78, 5) is 4.23. The number of nitrogens with zero attached hydrogens (tertiary/aromatic N) is 1. The highest BCUT2D eigenvalue weighted by atomic mass is 32.1. The highest BCUT2D eigenvalue weighted by Gasteiger charge is 2.00. The maximum atomic E-state index is 5.42. The molecule has 0 unspecified atom stereocenters. The van der Waals surface area contributed by atoms with Crippen LogP contribution in [0, 0.1) is 0 Å². The lowest BCUT2D eigenvalue weighted by Gasteiger charge is -2.06. The van der Waals surface area contributed by atoms with Crippen molar-refractivity contribution in [1.29, 1.82) is 0 Å². The number of nitrogens with one attached hydrogen (secondary N) is 1. The number of hydrogen-bond acceptors (Lipinski definition) is 2. The number of thiocarbonyl (C=S) groups is 1. The van der Waals surface area contributed by atoms with Crippen LogP contribution in [0.25, 0.3) is 10.9 Å². The number of aromatic nitrogens is 1. The second kappa shape index (κ2) is 3.59. The van der Waals surface area contributed by atoms with Gasteiger partial charge in [0.05, 0.1) is 5.52 Å². The maximum Gasteiger partial charge on any atom is 0.168 e. The van der Waals surface area contributed by atoms with Crippen molar-refractivity contribution in [2.24, 2.45) is 5.73 Å². The number of fused-ring (bicyclic) bond motifs is 1. The smallest absolute Gasteiger partial charge is 0.168 e. The number of anilines is 1. The van der Waals surface area contributed by atoms with E-state index in [0.29, 0.717) is 0 Å². The van der Waals surface area contributed by atoms with Crippen LogP contribution in [0.3, 0.4) is 0 Å². The first-order valence-corrected chi connectivity index (χ1v) is 4.58. The molecule has 0 amide bonds. The van der Waals surface area contributed by atoms with Crippen LogP contribution < -0.4 is 11.1 Å². The lowest BCUT2D eigenvalue weighted by atomic mass is 10.2. The van der Waals surface area contributed by atoms with Gasteiger partial charge >= 0.3 is 0 Å². The average molecular weight is 203 g/mol. The molecule has 4 heteroatoms. The zero-order chi connectivity index (χ0) is 9.97. The fraction of sp³-hybridized carbons (Fsp3) is 0. The molecule has 0 fully saturated rings. The van der Waals surface area contributed by atoms with Gasteiger partial charge in [-0.2, -0.15) is 0 Å². The lowest BCUT2D eigenvalue weighted by molar-refractivity contribution is 1.41. The fourth-order valence-electron chi connectivity index (χ4n) is 1.35. The molecule has 70 valence electrons. The Kier molecular flexibility index (Phi) is 2.28. The van der Waals surface area contributed by atoms with Crippen molar-refractivity contribution >= 4 is 33.9 Å². The van der Waals surface area contributed by atoms with E-state index in [0.717, 1.165) is 16.6 Å². The molecule has 2 aromatic rings. The zero-order valence-electron chi connectivity index (χ0n) is 7.40. The Balaban J connectivity index is 2.59. The number of pyridine rings is 1. The Morgan fingerprint density at radius 2 is 2.14 bits per heavy atom. The van der Waals surface area contributed by atoms with Crippen LogP contribution in [-0.2, 0) is 0 Å². The van der Waals surface area contributed by atoms with E-state index in [1.807, 2.05) is 30.3 Å². The molecule has 0 saturated heterocycles. The average Bonchev–Trinajstić information content (AvgIpc) is 2.18. The minimum atomic E-state index is 0.265. The van der Waals surface area contributed by atoms with Crippen LogP contribution in [0.4, 0.5) is 5.69 Å². The van der Waals surface area contributed by atoms with Crippen LogP contribution >= 0.6 is 12.2 Å². The predicted octanol–water partition coefficient (Wildman–Crippen LogP) is 1.89. The molecule has 0 aliphatic carbocycles. The quantitative estimate of drug-likeness (QED) is 0.695. The first kappa shape index (κ1) is 8.90. The number of nitrogens with two attached hydrogens (primary N) is 1. The predicted molar refractivity (Wildman–Crippen MR) is 62.2 cm³/mol. The highest BCUT2D eigenvalue weighted by molar-refractivity contribution is 7.80. The van der Waals surface area contributed by atoms with E-state index < -0.39 is 0 Å². The molecular formula is C10H9N3S. The third-order valence-electron chi connectivity index (χ3n) is 1.90. The molecule has 1 heterocycles. The molecule has 2 rings (SSSR count). The van der Waals surface area contributed by atoms with Crippen LogP contribution in [-0.4, -0.2) is 10.1 Å². The van der Waals surface area contributed by atoms with Crippen molar-refractivity contribution in [3.05, 3.63) is 36.5 Å². The van der Waals surface area contributed by atoms with Crippen molar-refractivity contribution in [3.63, 3.8) is 0 Å². The Morgan fingerprint density at radius 3 is 2.93 bits per heavy atom. The molecular weight excluding hydrogens is 194 g/mol. The Labute approximate surface area is 86.9 Å². The summed E-state index contributed by atoms with van der Waals surface area (Å²) in [5, 5.41) is 4.20. The summed E-state index contributed by atoms with van der Waals surface area (Å²) in [6.07, 6.45) is 1.76. The maximum absolute atomic E-state index is 5.42. The topological polar surface area (TPSA) is 50.9 Å². The minimum absolute atomic E-state index is 0.265. The molecule has 0 aliphatic rings. The largest absolute Gasteiger partial charge is 0.376 e. The summed E-state index contributed by atoms with van der Waals surface area (Å²) in [5.74, 6) is 0. The monoisotopic (exact) mass is 203 g/mol. The summed E-state index contributed by atoms with van der Waals surface area (Å²) < 4.78 is 0. The Hall–Kier alpha value is -1.68. The molecule has 1 aromatic carbocycles. The van der Waals surface area contributed by atoms with E-state index in [1.165, 1.54) is 0 Å². The Morgan fingerprint density at radius 1 is 1.29 bits per heavy atom. The zero-order valence-corrected chi connectivity index (χ0v) is 8.21. The SMILES string of the molecule is NC(=S)Nc1cccc2ncccc12. The number of hydrogen-bond donors (Lipinski definition) is 2. The second-order valence-corrected chi connectivity index (χ2v) is 3.30. The third-order valence-corrected chi connectivity index (χ3v) is 2.01. The molecule has 0 aliphatic heterocycles. The van der Waals surface area contributed by atoms with Gasteiger partial charge in [-0.25, -0.2) is 0 Å². The molecule has 3 nitrogen and oxygen atoms in total. The van der Waals surface area contributed by atoms with Gasteiger partial charge in [0.2, 0.25) is 0 Å². The highest BCUT2D eigenvalue weighted by Crippen LogP contribution is 2.20. The van der Waals surface area contributed by atoms with Crippen LogP contribution in [0.1, 0.15) is 0 Å². The van der Waals surface area contributed by atoms with E-state index in [9.17, 15) is 0 Å². The molecule has 0 radical (unpaired) electrons. The molecule has 0 atom stereocenters. The Bertz CT molecular complexity index is 476. The van der Waals surface area contributed by atoms with Gasteiger partial charge in [-0.15, -0.1) is 0 Å². The summed E-state index contributed by atoms with van der Waals surface area (Å²) in [7, 11) is 0. The molecule has 1 aromatic heterocycles. The molecule has 0 spiro atoms. The van der Waals surface area contributed by atoms with Gasteiger partial charge in [0, 0.05) is 17.3 Å². The van der Waals surface area contributed by atoms with Crippen molar-refractivity contribution in [1.82, 2.24) is 4.98 Å². The van der Waals surface area contributed by atoms with Gasteiger partial charge in [-0.05, 0) is 36.5 Å². The molecule has 14 heavy (non-hydrogen) atoms. The van der Waals surface area contributed by atoms with Crippen molar-refractivity contribution in [2.45, 2.75) is 0 Å². The normalized spacial score (nSPS) is 10.0. The van der Waals surface area contributed by atoms with Gasteiger partial charge in [0.25, 0.3) is 0 Å². The number of rotatable bonds is 1. The van der Waals surface area contributed by atoms with Crippen molar-refractivity contribution in [3.8, 4) is 0 Å². The van der Waals surface area contributed by atoms with Crippen LogP contribution in [0.15, 0.2) is 36.5 Å². The standard InChI is InChI=1S/C10H9N3S/c11-10(14)13-9-5-1-4-8-7(9)3-2-6-12-8/h1-6H,(H3,11,13,14). The van der Waals surface area contributed by atoms with E-state index in [1.54, 1.807) is 6.20 Å². The summed E-state index contributed by atoms with van der Waals surface area (Å²) in [6.45, 7) is 0. The second-order valence-electron chi connectivity index (χ2n) is 2.86. The van der Waals surface area contributed by atoms with Gasteiger partial charge in [-0.3, -0.25) is 4.98 Å². The number of benzene rings is 1. The summed E-state index contributed by atoms with van der Waals surface area (Å²) in [5.41, 5.74) is 7.23. The van der Waals surface area contributed by atoms with E-state index in [-0.39, 0.29) is 5.11 Å². The molecule has 3 N–H and O–H groups in total. The van der Waals surface area contributed by atoms with Crippen LogP contribution in [0.5, 0.6) is 0 Å². The first-order valence-electron chi connectivity index (χ1n) is 4.17. The minimum Gasteiger partial charge on any atom is -0.376 e. The molecule has 0 bridgehead atoms.